The van der Waals surface area contributed by atoms with Gasteiger partial charge in [0.25, 0.3) is 5.91 Å². The number of likely N-dealkylation sites (N-methyl/N-ethyl adjacent to an activating group) is 1. The summed E-state index contributed by atoms with van der Waals surface area (Å²) in [5, 5.41) is 3.37. The van der Waals surface area contributed by atoms with Crippen LogP contribution in [0.15, 0.2) is 18.2 Å². The van der Waals surface area contributed by atoms with E-state index < -0.39 is 0 Å². The SMILES string of the molecule is CCN(C(=O)c1ccc2c(c1)CCCN2)C(C)COC. The number of ether oxygens (including phenoxy) is 1. The first kappa shape index (κ1) is 14.9. The fourth-order valence-corrected chi connectivity index (χ4v) is 2.76. The number of anilines is 1. The minimum absolute atomic E-state index is 0.0884. The van der Waals surface area contributed by atoms with Crippen LogP contribution >= 0.6 is 0 Å². The van der Waals surface area contributed by atoms with Crippen molar-refractivity contribution in [1.82, 2.24) is 4.90 Å². The summed E-state index contributed by atoms with van der Waals surface area (Å²) >= 11 is 0. The van der Waals surface area contributed by atoms with Crippen molar-refractivity contribution in [3.8, 4) is 0 Å². The molecule has 4 nitrogen and oxygen atoms in total. The summed E-state index contributed by atoms with van der Waals surface area (Å²) in [5.41, 5.74) is 3.19. The molecule has 1 atom stereocenters. The number of carbonyl (C=O) groups is 1. The Morgan fingerprint density at radius 1 is 1.50 bits per heavy atom. The smallest absolute Gasteiger partial charge is 0.254 e. The lowest BCUT2D eigenvalue weighted by Crippen LogP contribution is -2.41. The van der Waals surface area contributed by atoms with Gasteiger partial charge in [-0.2, -0.15) is 0 Å². The van der Waals surface area contributed by atoms with Gasteiger partial charge in [-0.05, 0) is 50.5 Å². The highest BCUT2D eigenvalue weighted by molar-refractivity contribution is 5.95. The van der Waals surface area contributed by atoms with E-state index in [4.69, 9.17) is 4.74 Å². The molecule has 20 heavy (non-hydrogen) atoms. The van der Waals surface area contributed by atoms with Crippen molar-refractivity contribution < 1.29 is 9.53 Å². The largest absolute Gasteiger partial charge is 0.385 e. The molecule has 0 spiro atoms. The molecule has 0 fully saturated rings. The van der Waals surface area contributed by atoms with Gasteiger partial charge >= 0.3 is 0 Å². The monoisotopic (exact) mass is 276 g/mol. The highest BCUT2D eigenvalue weighted by atomic mass is 16.5. The van der Waals surface area contributed by atoms with E-state index in [9.17, 15) is 4.79 Å². The molecule has 4 heteroatoms. The number of amides is 1. The third-order valence-corrected chi connectivity index (χ3v) is 3.83. The number of nitrogens with zero attached hydrogens (tertiary/aromatic N) is 1. The number of hydrogen-bond donors (Lipinski definition) is 1. The van der Waals surface area contributed by atoms with Crippen molar-refractivity contribution in [1.29, 1.82) is 0 Å². The Kier molecular flexibility index (Phi) is 5.01. The number of nitrogens with one attached hydrogen (secondary N) is 1. The topological polar surface area (TPSA) is 41.6 Å². The zero-order valence-electron chi connectivity index (χ0n) is 12.6. The number of benzene rings is 1. The normalized spacial score (nSPS) is 15.2. The lowest BCUT2D eigenvalue weighted by Gasteiger charge is -2.28. The molecular weight excluding hydrogens is 252 g/mol. The van der Waals surface area contributed by atoms with E-state index in [1.165, 1.54) is 11.3 Å². The number of methoxy groups -OCH3 is 1. The quantitative estimate of drug-likeness (QED) is 0.898. The second-order valence-electron chi connectivity index (χ2n) is 5.30. The van der Waals surface area contributed by atoms with Gasteiger partial charge in [-0.3, -0.25) is 4.79 Å². The van der Waals surface area contributed by atoms with Crippen LogP contribution < -0.4 is 5.32 Å². The Hall–Kier alpha value is -1.55. The Labute approximate surface area is 121 Å². The molecule has 1 aromatic rings. The van der Waals surface area contributed by atoms with Crippen molar-refractivity contribution >= 4 is 11.6 Å². The summed E-state index contributed by atoms with van der Waals surface area (Å²) in [5.74, 6) is 0.0884. The molecule has 1 aliphatic rings. The molecule has 1 heterocycles. The Balaban J connectivity index is 2.19. The summed E-state index contributed by atoms with van der Waals surface area (Å²) in [6.45, 7) is 6.30. The Bertz CT molecular complexity index is 474. The summed E-state index contributed by atoms with van der Waals surface area (Å²) in [6.07, 6.45) is 2.17. The molecule has 1 aromatic carbocycles. The van der Waals surface area contributed by atoms with Gasteiger partial charge in [-0.1, -0.05) is 0 Å². The average Bonchev–Trinajstić information content (AvgIpc) is 2.47. The van der Waals surface area contributed by atoms with Crippen LogP contribution in [0, 0.1) is 0 Å². The van der Waals surface area contributed by atoms with Gasteiger partial charge in [0.1, 0.15) is 0 Å². The van der Waals surface area contributed by atoms with Gasteiger partial charge in [0.2, 0.25) is 0 Å². The van der Waals surface area contributed by atoms with E-state index in [-0.39, 0.29) is 11.9 Å². The van der Waals surface area contributed by atoms with Gasteiger partial charge in [0.15, 0.2) is 0 Å². The number of fused-ring (bicyclic) bond motifs is 1. The third kappa shape index (κ3) is 3.12. The van der Waals surface area contributed by atoms with E-state index in [2.05, 4.69) is 5.32 Å². The molecule has 1 aliphatic heterocycles. The maximum Gasteiger partial charge on any atom is 0.254 e. The van der Waals surface area contributed by atoms with Crippen LogP contribution in [0.1, 0.15) is 36.2 Å². The number of rotatable bonds is 5. The molecule has 0 aliphatic carbocycles. The van der Waals surface area contributed by atoms with Crippen molar-refractivity contribution in [2.45, 2.75) is 32.7 Å². The van der Waals surface area contributed by atoms with Crippen molar-refractivity contribution in [3.05, 3.63) is 29.3 Å². The molecule has 110 valence electrons. The van der Waals surface area contributed by atoms with Gasteiger partial charge in [0, 0.05) is 31.5 Å². The predicted molar refractivity (Wildman–Crippen MR) is 81.3 cm³/mol. The highest BCUT2D eigenvalue weighted by Crippen LogP contribution is 2.23. The van der Waals surface area contributed by atoms with Crippen LogP contribution in [-0.4, -0.2) is 43.7 Å². The molecule has 0 saturated heterocycles. The van der Waals surface area contributed by atoms with Crippen LogP contribution in [0.3, 0.4) is 0 Å². The van der Waals surface area contributed by atoms with Crippen molar-refractivity contribution in [2.24, 2.45) is 0 Å². The second kappa shape index (κ2) is 6.75. The third-order valence-electron chi connectivity index (χ3n) is 3.83. The number of aryl methyl sites for hydroxylation is 1. The molecule has 1 amide bonds. The van der Waals surface area contributed by atoms with Gasteiger partial charge in [-0.25, -0.2) is 0 Å². The maximum absolute atomic E-state index is 12.6. The van der Waals surface area contributed by atoms with Crippen molar-refractivity contribution in [2.75, 3.05) is 32.1 Å². The molecular formula is C16H24N2O2. The second-order valence-corrected chi connectivity index (χ2v) is 5.30. The standard InChI is InChI=1S/C16H24N2O2/c1-4-18(12(2)11-20-3)16(19)14-7-8-15-13(10-14)6-5-9-17-15/h7-8,10,12,17H,4-6,9,11H2,1-3H3. The first-order chi connectivity index (χ1) is 9.67. The maximum atomic E-state index is 12.6. The predicted octanol–water partition coefficient (Wildman–Crippen LogP) is 2.54. The summed E-state index contributed by atoms with van der Waals surface area (Å²) in [6, 6.07) is 6.07. The molecule has 0 bridgehead atoms. The average molecular weight is 276 g/mol. The molecule has 0 aromatic heterocycles. The van der Waals surface area contributed by atoms with Crippen molar-refractivity contribution in [3.63, 3.8) is 0 Å². The molecule has 0 saturated carbocycles. The van der Waals surface area contributed by atoms with E-state index >= 15 is 0 Å². The van der Waals surface area contributed by atoms with Crippen LogP contribution in [-0.2, 0) is 11.2 Å². The zero-order chi connectivity index (χ0) is 14.5. The lowest BCUT2D eigenvalue weighted by atomic mass is 10.00. The summed E-state index contributed by atoms with van der Waals surface area (Å²) in [7, 11) is 1.67. The van der Waals surface area contributed by atoms with Crippen LogP contribution in [0.5, 0.6) is 0 Å². The molecule has 2 rings (SSSR count). The Morgan fingerprint density at radius 3 is 3.00 bits per heavy atom. The molecule has 1 N–H and O–H groups in total. The van der Waals surface area contributed by atoms with Gasteiger partial charge in [0.05, 0.1) is 12.6 Å². The summed E-state index contributed by atoms with van der Waals surface area (Å²) < 4.78 is 5.16. The minimum atomic E-state index is 0.0884. The fraction of sp³-hybridized carbons (Fsp3) is 0.562. The Morgan fingerprint density at radius 2 is 2.30 bits per heavy atom. The van der Waals surface area contributed by atoms with Crippen LogP contribution in [0.4, 0.5) is 5.69 Å². The zero-order valence-corrected chi connectivity index (χ0v) is 12.6. The van der Waals surface area contributed by atoms with Gasteiger partial charge in [-0.15, -0.1) is 0 Å². The van der Waals surface area contributed by atoms with E-state index in [1.54, 1.807) is 7.11 Å². The van der Waals surface area contributed by atoms with E-state index in [0.717, 1.165) is 24.9 Å². The molecule has 0 radical (unpaired) electrons. The van der Waals surface area contributed by atoms with Gasteiger partial charge < -0.3 is 15.0 Å². The first-order valence-electron chi connectivity index (χ1n) is 7.34. The summed E-state index contributed by atoms with van der Waals surface area (Å²) in [4.78, 5) is 14.5. The van der Waals surface area contributed by atoms with E-state index in [0.29, 0.717) is 13.2 Å². The first-order valence-corrected chi connectivity index (χ1v) is 7.34. The van der Waals surface area contributed by atoms with E-state index in [1.807, 2.05) is 36.9 Å². The number of hydrogen-bond acceptors (Lipinski definition) is 3. The fourth-order valence-electron chi connectivity index (χ4n) is 2.76. The minimum Gasteiger partial charge on any atom is -0.385 e. The highest BCUT2D eigenvalue weighted by Gasteiger charge is 2.21. The van der Waals surface area contributed by atoms with Crippen LogP contribution in [0.2, 0.25) is 0 Å². The van der Waals surface area contributed by atoms with Crippen LogP contribution in [0.25, 0.3) is 0 Å². The number of carbonyl (C=O) groups excluding carboxylic acids is 1. The molecule has 1 unspecified atom stereocenters. The lowest BCUT2D eigenvalue weighted by molar-refractivity contribution is 0.0579.